The van der Waals surface area contributed by atoms with E-state index in [1.54, 1.807) is 19.9 Å². The fourth-order valence-corrected chi connectivity index (χ4v) is 3.31. The molecular weight excluding hydrogens is 350 g/mol. The van der Waals surface area contributed by atoms with E-state index in [2.05, 4.69) is 15.3 Å². The van der Waals surface area contributed by atoms with Crippen molar-refractivity contribution in [3.05, 3.63) is 65.7 Å². The number of amides is 1. The Balaban J connectivity index is 1.93. The van der Waals surface area contributed by atoms with Gasteiger partial charge in [-0.1, -0.05) is 30.3 Å². The van der Waals surface area contributed by atoms with Crippen LogP contribution in [0.5, 0.6) is 0 Å². The molecule has 0 saturated heterocycles. The Bertz CT molecular complexity index is 921. The molecule has 0 aliphatic rings. The number of rotatable bonds is 5. The average molecular weight is 367 g/mol. The van der Waals surface area contributed by atoms with Gasteiger partial charge in [-0.25, -0.2) is 9.78 Å². The van der Waals surface area contributed by atoms with Gasteiger partial charge < -0.3 is 10.1 Å². The summed E-state index contributed by atoms with van der Waals surface area (Å²) in [5.74, 6) is -0.902. The van der Waals surface area contributed by atoms with Crippen molar-refractivity contribution in [1.82, 2.24) is 9.97 Å². The molecule has 0 aliphatic carbocycles. The first kappa shape index (κ1) is 17.8. The summed E-state index contributed by atoms with van der Waals surface area (Å²) in [4.78, 5) is 33.7. The smallest absolute Gasteiger partial charge is 0.341 e. The van der Waals surface area contributed by atoms with Gasteiger partial charge in [0.1, 0.15) is 10.7 Å². The molecule has 2 aromatic heterocycles. The summed E-state index contributed by atoms with van der Waals surface area (Å²) in [5.41, 5.74) is 2.18. The number of nitrogens with zero attached hydrogens (tertiary/aromatic N) is 2. The van der Waals surface area contributed by atoms with Crippen LogP contribution in [-0.4, -0.2) is 28.5 Å². The summed E-state index contributed by atoms with van der Waals surface area (Å²) in [6, 6.07) is 11.4. The molecule has 132 valence electrons. The van der Waals surface area contributed by atoms with E-state index in [0.717, 1.165) is 16.1 Å². The largest absolute Gasteiger partial charge is 0.462 e. The number of carbonyl (C=O) groups is 2. The molecule has 0 aliphatic heterocycles. The third kappa shape index (κ3) is 3.94. The van der Waals surface area contributed by atoms with Crippen LogP contribution in [0.1, 0.15) is 33.5 Å². The van der Waals surface area contributed by atoms with Gasteiger partial charge in [0.05, 0.1) is 24.1 Å². The maximum Gasteiger partial charge on any atom is 0.341 e. The normalized spacial score (nSPS) is 10.4. The van der Waals surface area contributed by atoms with Crippen LogP contribution in [0.15, 0.2) is 48.8 Å². The SMILES string of the molecule is CCOC(=O)c1cc(-c2ccccc2)sc1NC(=O)c1cnc(C)cn1. The minimum Gasteiger partial charge on any atom is -0.462 e. The number of nitrogens with one attached hydrogen (secondary N) is 1. The molecule has 0 atom stereocenters. The number of hydrogen-bond acceptors (Lipinski definition) is 6. The van der Waals surface area contributed by atoms with E-state index in [-0.39, 0.29) is 12.3 Å². The van der Waals surface area contributed by atoms with E-state index in [1.807, 2.05) is 30.3 Å². The number of hydrogen-bond donors (Lipinski definition) is 1. The van der Waals surface area contributed by atoms with E-state index in [1.165, 1.54) is 23.7 Å². The van der Waals surface area contributed by atoms with Crippen LogP contribution in [0, 0.1) is 6.92 Å². The second kappa shape index (κ2) is 7.88. The van der Waals surface area contributed by atoms with Crippen LogP contribution in [0.3, 0.4) is 0 Å². The highest BCUT2D eigenvalue weighted by molar-refractivity contribution is 7.20. The second-order valence-corrected chi connectivity index (χ2v) is 6.49. The first-order valence-electron chi connectivity index (χ1n) is 8.05. The van der Waals surface area contributed by atoms with Crippen molar-refractivity contribution >= 4 is 28.2 Å². The van der Waals surface area contributed by atoms with Crippen molar-refractivity contribution in [1.29, 1.82) is 0 Å². The summed E-state index contributed by atoms with van der Waals surface area (Å²) in [6.07, 6.45) is 2.92. The van der Waals surface area contributed by atoms with Gasteiger partial charge in [-0.2, -0.15) is 0 Å². The van der Waals surface area contributed by atoms with E-state index < -0.39 is 11.9 Å². The van der Waals surface area contributed by atoms with Crippen LogP contribution in [-0.2, 0) is 4.74 Å². The minimum atomic E-state index is -0.476. The fraction of sp³-hybridized carbons (Fsp3) is 0.158. The number of thiophene rings is 1. The van der Waals surface area contributed by atoms with Gasteiger partial charge in [0, 0.05) is 11.1 Å². The van der Waals surface area contributed by atoms with Crippen molar-refractivity contribution in [3.63, 3.8) is 0 Å². The molecule has 3 rings (SSSR count). The maximum absolute atomic E-state index is 12.4. The van der Waals surface area contributed by atoms with E-state index in [9.17, 15) is 9.59 Å². The molecule has 6 nitrogen and oxygen atoms in total. The minimum absolute atomic E-state index is 0.181. The Hall–Kier alpha value is -3.06. The lowest BCUT2D eigenvalue weighted by Gasteiger charge is -2.05. The summed E-state index contributed by atoms with van der Waals surface area (Å²) < 4.78 is 5.11. The summed E-state index contributed by atoms with van der Waals surface area (Å²) in [5, 5.41) is 3.18. The number of aromatic nitrogens is 2. The molecule has 7 heteroatoms. The van der Waals surface area contributed by atoms with Crippen LogP contribution in [0.25, 0.3) is 10.4 Å². The zero-order valence-electron chi connectivity index (χ0n) is 14.4. The molecule has 1 N–H and O–H groups in total. The highest BCUT2D eigenvalue weighted by atomic mass is 32.1. The quantitative estimate of drug-likeness (QED) is 0.691. The Morgan fingerprint density at radius 2 is 1.92 bits per heavy atom. The lowest BCUT2D eigenvalue weighted by atomic mass is 10.1. The van der Waals surface area contributed by atoms with Crippen molar-refractivity contribution in [2.45, 2.75) is 13.8 Å². The number of aryl methyl sites for hydroxylation is 1. The molecule has 0 fully saturated rings. The van der Waals surface area contributed by atoms with Gasteiger partial charge in [-0.3, -0.25) is 9.78 Å². The number of carbonyl (C=O) groups excluding carboxylic acids is 2. The van der Waals surface area contributed by atoms with E-state index in [4.69, 9.17) is 4.74 Å². The number of ether oxygens (including phenoxy) is 1. The monoisotopic (exact) mass is 367 g/mol. The second-order valence-electron chi connectivity index (χ2n) is 5.44. The van der Waals surface area contributed by atoms with Gasteiger partial charge in [0.25, 0.3) is 5.91 Å². The van der Waals surface area contributed by atoms with Gasteiger partial charge in [0.2, 0.25) is 0 Å². The molecular formula is C19H17N3O3S. The van der Waals surface area contributed by atoms with Crippen LogP contribution >= 0.6 is 11.3 Å². The highest BCUT2D eigenvalue weighted by Crippen LogP contribution is 2.36. The first-order chi connectivity index (χ1) is 12.6. The molecule has 0 unspecified atom stereocenters. The summed E-state index contributed by atoms with van der Waals surface area (Å²) >= 11 is 1.31. The molecule has 3 aromatic rings. The Morgan fingerprint density at radius 3 is 2.58 bits per heavy atom. The zero-order chi connectivity index (χ0) is 18.5. The number of anilines is 1. The van der Waals surface area contributed by atoms with Crippen LogP contribution in [0.4, 0.5) is 5.00 Å². The van der Waals surface area contributed by atoms with E-state index >= 15 is 0 Å². The van der Waals surface area contributed by atoms with Gasteiger partial charge >= 0.3 is 5.97 Å². The van der Waals surface area contributed by atoms with Crippen LogP contribution in [0.2, 0.25) is 0 Å². The van der Waals surface area contributed by atoms with Crippen LogP contribution < -0.4 is 5.32 Å². The fourth-order valence-electron chi connectivity index (χ4n) is 2.27. The molecule has 0 radical (unpaired) electrons. The molecule has 2 heterocycles. The highest BCUT2D eigenvalue weighted by Gasteiger charge is 2.20. The molecule has 26 heavy (non-hydrogen) atoms. The topological polar surface area (TPSA) is 81.2 Å². The lowest BCUT2D eigenvalue weighted by Crippen LogP contribution is -2.15. The molecule has 0 spiro atoms. The zero-order valence-corrected chi connectivity index (χ0v) is 15.2. The van der Waals surface area contributed by atoms with Gasteiger partial charge in [0.15, 0.2) is 0 Å². The molecule has 0 bridgehead atoms. The standard InChI is InChI=1S/C19H17N3O3S/c1-3-25-19(24)14-9-16(13-7-5-4-6-8-13)26-18(14)22-17(23)15-11-20-12(2)10-21-15/h4-11H,3H2,1-2H3,(H,22,23). The van der Waals surface area contributed by atoms with E-state index in [0.29, 0.717) is 10.6 Å². The van der Waals surface area contributed by atoms with Crippen molar-refractivity contribution in [3.8, 4) is 10.4 Å². The Labute approximate surface area is 154 Å². The predicted octanol–water partition coefficient (Wildman–Crippen LogP) is 3.94. The maximum atomic E-state index is 12.4. The average Bonchev–Trinajstić information content (AvgIpc) is 3.07. The molecule has 1 aromatic carbocycles. The summed E-state index contributed by atoms with van der Waals surface area (Å²) in [6.45, 7) is 3.79. The Kier molecular flexibility index (Phi) is 5.38. The van der Waals surface area contributed by atoms with Crippen molar-refractivity contribution in [2.24, 2.45) is 0 Å². The predicted molar refractivity (Wildman–Crippen MR) is 100 cm³/mol. The number of esters is 1. The number of benzene rings is 1. The first-order valence-corrected chi connectivity index (χ1v) is 8.86. The van der Waals surface area contributed by atoms with Gasteiger partial charge in [-0.05, 0) is 25.5 Å². The lowest BCUT2D eigenvalue weighted by molar-refractivity contribution is 0.0528. The van der Waals surface area contributed by atoms with Gasteiger partial charge in [-0.15, -0.1) is 11.3 Å². The molecule has 1 amide bonds. The Morgan fingerprint density at radius 1 is 1.15 bits per heavy atom. The third-order valence-electron chi connectivity index (χ3n) is 3.53. The molecule has 0 saturated carbocycles. The van der Waals surface area contributed by atoms with Crippen molar-refractivity contribution in [2.75, 3.05) is 11.9 Å². The third-order valence-corrected chi connectivity index (χ3v) is 4.63. The van der Waals surface area contributed by atoms with Crippen molar-refractivity contribution < 1.29 is 14.3 Å². The summed E-state index contributed by atoms with van der Waals surface area (Å²) in [7, 11) is 0.